The fourth-order valence-corrected chi connectivity index (χ4v) is 1.81. The van der Waals surface area contributed by atoms with Crippen molar-refractivity contribution in [3.63, 3.8) is 0 Å². The minimum Gasteiger partial charge on any atom is -0.323 e. The maximum absolute atomic E-state index is 3.47. The van der Waals surface area contributed by atoms with Crippen LogP contribution in [-0.4, -0.2) is 10.7 Å². The molecule has 1 aromatic carbocycles. The predicted octanol–water partition coefficient (Wildman–Crippen LogP) is 3.05. The molecule has 2 heteroatoms. The third kappa shape index (κ3) is 2.89. The zero-order chi connectivity index (χ0) is 11.2. The molecule has 1 aromatic heterocycles. The Hall–Kier alpha value is -1.70. The van der Waals surface area contributed by atoms with E-state index in [9.17, 15) is 0 Å². The Bertz CT molecular complexity index is 392. The van der Waals surface area contributed by atoms with Gasteiger partial charge in [0.2, 0.25) is 0 Å². The van der Waals surface area contributed by atoms with Crippen molar-refractivity contribution in [2.75, 3.05) is 5.43 Å². The first-order valence-electron chi connectivity index (χ1n) is 5.82. The minimum atomic E-state index is 0.481. The molecule has 0 aliphatic heterocycles. The summed E-state index contributed by atoms with van der Waals surface area (Å²) >= 11 is 0. The summed E-state index contributed by atoms with van der Waals surface area (Å²) in [6.07, 6.45) is 6.25. The first-order valence-corrected chi connectivity index (χ1v) is 5.82. The Morgan fingerprint density at radius 3 is 2.38 bits per heavy atom. The first-order chi connectivity index (χ1) is 7.88. The zero-order valence-electron chi connectivity index (χ0n) is 9.63. The van der Waals surface area contributed by atoms with Gasteiger partial charge in [-0.05, 0) is 30.5 Å². The van der Waals surface area contributed by atoms with Gasteiger partial charge >= 0.3 is 0 Å². The molecule has 1 heterocycles. The fraction of sp³-hybridized carbons (Fsp3) is 0.286. The Morgan fingerprint density at radius 1 is 1.06 bits per heavy atom. The number of hydrogen-bond donors (Lipinski definition) is 1. The highest BCUT2D eigenvalue weighted by atomic mass is 15.4. The van der Waals surface area contributed by atoms with Gasteiger partial charge in [0, 0.05) is 18.4 Å². The summed E-state index contributed by atoms with van der Waals surface area (Å²) in [5.74, 6) is 0. The SMILES string of the molecule is CCC(Cc1ccccc1)Nn1cccc1. The molecule has 16 heavy (non-hydrogen) atoms. The van der Waals surface area contributed by atoms with Crippen LogP contribution in [-0.2, 0) is 6.42 Å². The summed E-state index contributed by atoms with van der Waals surface area (Å²) < 4.78 is 2.02. The Morgan fingerprint density at radius 2 is 1.75 bits per heavy atom. The van der Waals surface area contributed by atoms with E-state index in [1.165, 1.54) is 5.56 Å². The molecule has 0 spiro atoms. The zero-order valence-corrected chi connectivity index (χ0v) is 9.63. The van der Waals surface area contributed by atoms with Crippen LogP contribution in [0.4, 0.5) is 0 Å². The number of nitrogens with zero attached hydrogens (tertiary/aromatic N) is 1. The molecular weight excluding hydrogens is 196 g/mol. The normalized spacial score (nSPS) is 12.3. The molecule has 2 aromatic rings. The van der Waals surface area contributed by atoms with E-state index >= 15 is 0 Å². The van der Waals surface area contributed by atoms with Gasteiger partial charge < -0.3 is 5.43 Å². The van der Waals surface area contributed by atoms with Gasteiger partial charge in [-0.15, -0.1) is 0 Å². The quantitative estimate of drug-likeness (QED) is 0.809. The maximum atomic E-state index is 3.47. The van der Waals surface area contributed by atoms with Crippen LogP contribution in [0.15, 0.2) is 54.9 Å². The van der Waals surface area contributed by atoms with Crippen LogP contribution in [0, 0.1) is 0 Å². The molecule has 0 aliphatic rings. The van der Waals surface area contributed by atoms with Crippen molar-refractivity contribution in [3.05, 3.63) is 60.4 Å². The second-order valence-electron chi connectivity index (χ2n) is 4.01. The van der Waals surface area contributed by atoms with E-state index in [2.05, 4.69) is 42.7 Å². The van der Waals surface area contributed by atoms with Crippen LogP contribution in [0.1, 0.15) is 18.9 Å². The van der Waals surface area contributed by atoms with Crippen molar-refractivity contribution in [2.45, 2.75) is 25.8 Å². The van der Waals surface area contributed by atoms with Crippen molar-refractivity contribution in [3.8, 4) is 0 Å². The van der Waals surface area contributed by atoms with Crippen LogP contribution in [0.5, 0.6) is 0 Å². The second kappa shape index (κ2) is 5.40. The van der Waals surface area contributed by atoms with E-state index in [4.69, 9.17) is 0 Å². The number of benzene rings is 1. The number of aromatic nitrogens is 1. The summed E-state index contributed by atoms with van der Waals surface area (Å²) in [6.45, 7) is 2.21. The maximum Gasteiger partial charge on any atom is 0.0462 e. The lowest BCUT2D eigenvalue weighted by Gasteiger charge is -2.19. The lowest BCUT2D eigenvalue weighted by atomic mass is 10.0. The molecule has 1 N–H and O–H groups in total. The van der Waals surface area contributed by atoms with Gasteiger partial charge in [-0.25, -0.2) is 0 Å². The molecule has 0 radical (unpaired) electrons. The number of hydrogen-bond acceptors (Lipinski definition) is 1. The Kier molecular flexibility index (Phi) is 3.65. The average molecular weight is 214 g/mol. The molecule has 1 atom stereocenters. The predicted molar refractivity (Wildman–Crippen MR) is 68.0 cm³/mol. The Balaban J connectivity index is 1.96. The highest BCUT2D eigenvalue weighted by Gasteiger charge is 2.06. The lowest BCUT2D eigenvalue weighted by molar-refractivity contribution is 0.615. The van der Waals surface area contributed by atoms with Crippen molar-refractivity contribution in [1.29, 1.82) is 0 Å². The summed E-state index contributed by atoms with van der Waals surface area (Å²) in [6, 6.07) is 15.2. The number of rotatable bonds is 5. The monoisotopic (exact) mass is 214 g/mol. The molecule has 0 saturated heterocycles. The molecule has 2 rings (SSSR count). The molecule has 84 valence electrons. The largest absolute Gasteiger partial charge is 0.323 e. The van der Waals surface area contributed by atoms with Gasteiger partial charge in [0.05, 0.1) is 0 Å². The van der Waals surface area contributed by atoms with E-state index in [1.54, 1.807) is 0 Å². The van der Waals surface area contributed by atoms with Crippen LogP contribution in [0.25, 0.3) is 0 Å². The van der Waals surface area contributed by atoms with Crippen molar-refractivity contribution in [2.24, 2.45) is 0 Å². The van der Waals surface area contributed by atoms with Crippen LogP contribution in [0.3, 0.4) is 0 Å². The smallest absolute Gasteiger partial charge is 0.0462 e. The Labute approximate surface area is 96.9 Å². The second-order valence-corrected chi connectivity index (χ2v) is 4.01. The van der Waals surface area contributed by atoms with Gasteiger partial charge in [-0.2, -0.15) is 0 Å². The van der Waals surface area contributed by atoms with Crippen molar-refractivity contribution >= 4 is 0 Å². The van der Waals surface area contributed by atoms with E-state index in [-0.39, 0.29) is 0 Å². The van der Waals surface area contributed by atoms with Gasteiger partial charge in [0.15, 0.2) is 0 Å². The topological polar surface area (TPSA) is 17.0 Å². The van der Waals surface area contributed by atoms with Crippen molar-refractivity contribution in [1.82, 2.24) is 4.68 Å². The van der Waals surface area contributed by atoms with Gasteiger partial charge in [-0.1, -0.05) is 37.3 Å². The van der Waals surface area contributed by atoms with Crippen LogP contribution in [0.2, 0.25) is 0 Å². The van der Waals surface area contributed by atoms with E-state index in [0.717, 1.165) is 12.8 Å². The third-order valence-electron chi connectivity index (χ3n) is 2.75. The van der Waals surface area contributed by atoms with Crippen LogP contribution < -0.4 is 5.43 Å². The summed E-state index contributed by atoms with van der Waals surface area (Å²) in [4.78, 5) is 0. The van der Waals surface area contributed by atoms with Gasteiger partial charge in [0.1, 0.15) is 0 Å². The molecule has 1 unspecified atom stereocenters. The lowest BCUT2D eigenvalue weighted by Crippen LogP contribution is -2.28. The summed E-state index contributed by atoms with van der Waals surface area (Å²) in [5.41, 5.74) is 4.86. The fourth-order valence-electron chi connectivity index (χ4n) is 1.81. The molecular formula is C14H18N2. The van der Waals surface area contributed by atoms with E-state index in [1.807, 2.05) is 29.2 Å². The average Bonchev–Trinajstić information content (AvgIpc) is 2.82. The molecule has 0 saturated carbocycles. The van der Waals surface area contributed by atoms with Crippen molar-refractivity contribution < 1.29 is 0 Å². The standard InChI is InChI=1S/C14H18N2/c1-2-14(15-16-10-6-7-11-16)12-13-8-4-3-5-9-13/h3-11,14-15H,2,12H2,1H3. The van der Waals surface area contributed by atoms with Gasteiger partial charge in [-0.3, -0.25) is 4.68 Å². The van der Waals surface area contributed by atoms with Gasteiger partial charge in [0.25, 0.3) is 0 Å². The van der Waals surface area contributed by atoms with E-state index in [0.29, 0.717) is 6.04 Å². The third-order valence-corrected chi connectivity index (χ3v) is 2.75. The van der Waals surface area contributed by atoms with E-state index < -0.39 is 0 Å². The van der Waals surface area contributed by atoms with Crippen LogP contribution >= 0.6 is 0 Å². The first kappa shape index (κ1) is 10.8. The summed E-state index contributed by atoms with van der Waals surface area (Å²) in [5, 5.41) is 0. The molecule has 0 fully saturated rings. The minimum absolute atomic E-state index is 0.481. The highest BCUT2D eigenvalue weighted by molar-refractivity contribution is 5.16. The highest BCUT2D eigenvalue weighted by Crippen LogP contribution is 2.06. The molecule has 2 nitrogen and oxygen atoms in total. The number of nitrogens with one attached hydrogen (secondary N) is 1. The molecule has 0 amide bonds. The molecule has 0 bridgehead atoms. The summed E-state index contributed by atoms with van der Waals surface area (Å²) in [7, 11) is 0. The molecule has 0 aliphatic carbocycles.